The second-order valence-electron chi connectivity index (χ2n) is 6.48. The Balaban J connectivity index is 2.39. The monoisotopic (exact) mass is 418 g/mol. The topological polar surface area (TPSA) is 75.6 Å². The number of aliphatic hydroxyl groups excluding tert-OH is 1. The van der Waals surface area contributed by atoms with Gasteiger partial charge in [0, 0.05) is 0 Å². The van der Waals surface area contributed by atoms with Crippen LogP contribution in [0.1, 0.15) is 31.1 Å². The molecule has 164 valence electrons. The third-order valence-electron chi connectivity index (χ3n) is 4.62. The zero-order valence-corrected chi connectivity index (χ0v) is 18.5. The number of allylic oxidation sites excluding steroid dienone is 1. The molecule has 0 aliphatic rings. The number of methoxy groups -OCH3 is 5. The van der Waals surface area contributed by atoms with Crippen molar-refractivity contribution < 1.29 is 33.5 Å². The fourth-order valence-electron chi connectivity index (χ4n) is 3.10. The van der Waals surface area contributed by atoms with E-state index in [-0.39, 0.29) is 0 Å². The fraction of sp³-hybridized carbons (Fsp3) is 0.391. The van der Waals surface area contributed by atoms with Crippen LogP contribution in [0.15, 0.2) is 30.3 Å². The average molecular weight is 418 g/mol. The molecule has 7 nitrogen and oxygen atoms in total. The first-order valence-electron chi connectivity index (χ1n) is 9.47. The van der Waals surface area contributed by atoms with Gasteiger partial charge in [-0.2, -0.15) is 0 Å². The molecular weight excluding hydrogens is 388 g/mol. The van der Waals surface area contributed by atoms with Crippen molar-refractivity contribution in [2.24, 2.45) is 0 Å². The van der Waals surface area contributed by atoms with Crippen molar-refractivity contribution in [2.45, 2.75) is 26.1 Å². The molecule has 0 saturated heterocycles. The van der Waals surface area contributed by atoms with Gasteiger partial charge in [-0.3, -0.25) is 0 Å². The van der Waals surface area contributed by atoms with Crippen LogP contribution in [0.2, 0.25) is 0 Å². The molecule has 2 rings (SSSR count). The molecule has 0 spiro atoms. The molecule has 7 heteroatoms. The molecule has 0 amide bonds. The Morgan fingerprint density at radius 3 is 1.60 bits per heavy atom. The van der Waals surface area contributed by atoms with E-state index < -0.39 is 12.2 Å². The lowest BCUT2D eigenvalue weighted by atomic mass is 10.0. The van der Waals surface area contributed by atoms with Crippen LogP contribution in [-0.2, 0) is 0 Å². The Kier molecular flexibility index (Phi) is 8.24. The number of benzene rings is 2. The van der Waals surface area contributed by atoms with Crippen molar-refractivity contribution in [1.82, 2.24) is 0 Å². The minimum atomic E-state index is -0.983. The molecule has 2 atom stereocenters. The van der Waals surface area contributed by atoms with Crippen molar-refractivity contribution in [3.63, 3.8) is 0 Å². The molecular formula is C23H30O7. The summed E-state index contributed by atoms with van der Waals surface area (Å²) in [6.07, 6.45) is 2.24. The van der Waals surface area contributed by atoms with Gasteiger partial charge in [0.1, 0.15) is 12.2 Å². The highest BCUT2D eigenvalue weighted by Gasteiger charge is 2.25. The predicted octanol–water partition coefficient (Wildman–Crippen LogP) is 4.26. The van der Waals surface area contributed by atoms with E-state index >= 15 is 0 Å². The standard InChI is InChI=1S/C23H30O7/c1-8-9-15-10-17(25-3)23(18(11-15)26-4)30-14(2)21(24)16-12-19(27-5)22(29-7)20(13-16)28-6/h8-14,21,24H,1-7H3/t14-,21-/m0/s1. The number of ether oxygens (including phenoxy) is 6. The van der Waals surface area contributed by atoms with Crippen LogP contribution in [0, 0.1) is 0 Å². The number of hydrogen-bond acceptors (Lipinski definition) is 7. The average Bonchev–Trinajstić information content (AvgIpc) is 2.77. The van der Waals surface area contributed by atoms with E-state index in [0.717, 1.165) is 5.56 Å². The maximum atomic E-state index is 11.0. The fourth-order valence-corrected chi connectivity index (χ4v) is 3.10. The van der Waals surface area contributed by atoms with Crippen molar-refractivity contribution in [2.75, 3.05) is 35.5 Å². The zero-order chi connectivity index (χ0) is 22.3. The molecule has 0 aliphatic heterocycles. The van der Waals surface area contributed by atoms with Gasteiger partial charge < -0.3 is 33.5 Å². The lowest BCUT2D eigenvalue weighted by Gasteiger charge is -2.24. The molecule has 2 aromatic carbocycles. The smallest absolute Gasteiger partial charge is 0.203 e. The first-order valence-corrected chi connectivity index (χ1v) is 9.47. The molecule has 30 heavy (non-hydrogen) atoms. The van der Waals surface area contributed by atoms with E-state index in [1.165, 1.54) is 21.3 Å². The van der Waals surface area contributed by atoms with Gasteiger partial charge in [0.25, 0.3) is 0 Å². The molecule has 2 aromatic rings. The van der Waals surface area contributed by atoms with Crippen molar-refractivity contribution in [3.05, 3.63) is 41.5 Å². The maximum absolute atomic E-state index is 11.0. The van der Waals surface area contributed by atoms with E-state index in [1.807, 2.05) is 31.2 Å². The first-order chi connectivity index (χ1) is 14.4. The molecule has 0 aliphatic carbocycles. The van der Waals surface area contributed by atoms with Crippen LogP contribution in [0.25, 0.3) is 6.08 Å². The van der Waals surface area contributed by atoms with Gasteiger partial charge in [0.15, 0.2) is 23.0 Å². The summed E-state index contributed by atoms with van der Waals surface area (Å²) >= 11 is 0. The van der Waals surface area contributed by atoms with E-state index in [9.17, 15) is 5.11 Å². The molecule has 0 fully saturated rings. The van der Waals surface area contributed by atoms with Crippen LogP contribution in [0.5, 0.6) is 34.5 Å². The van der Waals surface area contributed by atoms with E-state index in [1.54, 1.807) is 33.3 Å². The summed E-state index contributed by atoms with van der Waals surface area (Å²) in [5.74, 6) is 2.77. The van der Waals surface area contributed by atoms with Crippen molar-refractivity contribution >= 4 is 6.08 Å². The highest BCUT2D eigenvalue weighted by atomic mass is 16.6. The van der Waals surface area contributed by atoms with Crippen LogP contribution in [0.3, 0.4) is 0 Å². The van der Waals surface area contributed by atoms with Crippen LogP contribution in [0.4, 0.5) is 0 Å². The Labute approximate surface area is 177 Å². The van der Waals surface area contributed by atoms with Gasteiger partial charge in [0.05, 0.1) is 35.5 Å². The summed E-state index contributed by atoms with van der Waals surface area (Å²) in [5.41, 5.74) is 1.47. The maximum Gasteiger partial charge on any atom is 0.203 e. The molecule has 0 aromatic heterocycles. The second kappa shape index (κ2) is 10.6. The summed E-state index contributed by atoms with van der Waals surface area (Å²) < 4.78 is 33.1. The summed E-state index contributed by atoms with van der Waals surface area (Å²) in [7, 11) is 7.69. The van der Waals surface area contributed by atoms with Crippen LogP contribution < -0.4 is 28.4 Å². The SMILES string of the molecule is CC=Cc1cc(OC)c(O[C@@H](C)[C@H](O)c2cc(OC)c(OC)c(OC)c2)c(OC)c1. The number of rotatable bonds is 10. The molecule has 1 N–H and O–H groups in total. The Hall–Kier alpha value is -3.06. The molecule has 0 saturated carbocycles. The normalized spacial score (nSPS) is 12.9. The first kappa shape index (κ1) is 23.2. The largest absolute Gasteiger partial charge is 0.493 e. The Morgan fingerprint density at radius 1 is 0.733 bits per heavy atom. The van der Waals surface area contributed by atoms with Gasteiger partial charge in [-0.15, -0.1) is 0 Å². The predicted molar refractivity (Wildman–Crippen MR) is 115 cm³/mol. The summed E-state index contributed by atoms with van der Waals surface area (Å²) in [6.45, 7) is 3.69. The van der Waals surface area contributed by atoms with Gasteiger partial charge in [-0.1, -0.05) is 12.2 Å². The highest BCUT2D eigenvalue weighted by Crippen LogP contribution is 2.43. The molecule has 0 radical (unpaired) electrons. The third-order valence-corrected chi connectivity index (χ3v) is 4.62. The van der Waals surface area contributed by atoms with E-state index in [0.29, 0.717) is 40.1 Å². The highest BCUT2D eigenvalue weighted by molar-refractivity contribution is 5.62. The Morgan fingerprint density at radius 2 is 1.20 bits per heavy atom. The summed E-state index contributed by atoms with van der Waals surface area (Å²) in [5, 5.41) is 11.0. The summed E-state index contributed by atoms with van der Waals surface area (Å²) in [6, 6.07) is 7.07. The summed E-state index contributed by atoms with van der Waals surface area (Å²) in [4.78, 5) is 0. The van der Waals surface area contributed by atoms with Crippen LogP contribution >= 0.6 is 0 Å². The van der Waals surface area contributed by atoms with Crippen molar-refractivity contribution in [3.8, 4) is 34.5 Å². The minimum absolute atomic E-state index is 0.409. The lowest BCUT2D eigenvalue weighted by molar-refractivity contribution is 0.0431. The lowest BCUT2D eigenvalue weighted by Crippen LogP contribution is -2.22. The molecule has 0 bridgehead atoms. The molecule has 0 heterocycles. The molecule has 0 unspecified atom stereocenters. The minimum Gasteiger partial charge on any atom is -0.493 e. The van der Waals surface area contributed by atoms with Crippen LogP contribution in [-0.4, -0.2) is 46.8 Å². The van der Waals surface area contributed by atoms with Gasteiger partial charge in [-0.05, 0) is 49.2 Å². The number of hydrogen-bond donors (Lipinski definition) is 1. The van der Waals surface area contributed by atoms with Gasteiger partial charge in [0.2, 0.25) is 11.5 Å². The van der Waals surface area contributed by atoms with E-state index in [2.05, 4.69) is 0 Å². The van der Waals surface area contributed by atoms with Crippen molar-refractivity contribution in [1.29, 1.82) is 0 Å². The van der Waals surface area contributed by atoms with Gasteiger partial charge in [-0.25, -0.2) is 0 Å². The second-order valence-corrected chi connectivity index (χ2v) is 6.48. The third kappa shape index (κ3) is 4.91. The van der Waals surface area contributed by atoms with E-state index in [4.69, 9.17) is 28.4 Å². The zero-order valence-electron chi connectivity index (χ0n) is 18.5. The number of aliphatic hydroxyl groups is 1. The van der Waals surface area contributed by atoms with Gasteiger partial charge >= 0.3 is 0 Å². The quantitative estimate of drug-likeness (QED) is 0.618. The Bertz CT molecular complexity index is 826.